The Morgan fingerprint density at radius 1 is 1.05 bits per heavy atom. The number of benzene rings is 1. The lowest BCUT2D eigenvalue weighted by Gasteiger charge is -2.06. The Morgan fingerprint density at radius 2 is 1.68 bits per heavy atom. The van der Waals surface area contributed by atoms with E-state index in [1.54, 1.807) is 18.4 Å². The molecule has 0 heterocycles. The van der Waals surface area contributed by atoms with Crippen LogP contribution in [0.25, 0.3) is 5.57 Å². The van der Waals surface area contributed by atoms with Gasteiger partial charge in [-0.25, -0.2) is 0 Å². The SMILES string of the molecule is CCCCOCCOCCOC=C(C)c1ccc(C#N)cc1. The zero-order valence-electron chi connectivity index (χ0n) is 13.5. The first-order valence-electron chi connectivity index (χ1n) is 7.72. The Morgan fingerprint density at radius 3 is 2.32 bits per heavy atom. The highest BCUT2D eigenvalue weighted by atomic mass is 16.5. The largest absolute Gasteiger partial charge is 0.498 e. The second kappa shape index (κ2) is 11.8. The molecule has 0 N–H and O–H groups in total. The smallest absolute Gasteiger partial charge is 0.111 e. The highest BCUT2D eigenvalue weighted by Gasteiger charge is 1.97. The Hall–Kier alpha value is -1.83. The molecule has 0 spiro atoms. The third-order valence-corrected chi connectivity index (χ3v) is 3.09. The number of ether oxygens (including phenoxy) is 3. The molecule has 0 saturated carbocycles. The summed E-state index contributed by atoms with van der Waals surface area (Å²) in [6, 6.07) is 9.53. The fourth-order valence-electron chi connectivity index (χ4n) is 1.74. The minimum atomic E-state index is 0.516. The van der Waals surface area contributed by atoms with E-state index >= 15 is 0 Å². The summed E-state index contributed by atoms with van der Waals surface area (Å²) in [4.78, 5) is 0. The van der Waals surface area contributed by atoms with E-state index in [4.69, 9.17) is 19.5 Å². The number of nitriles is 1. The number of nitrogens with zero attached hydrogens (tertiary/aromatic N) is 1. The van der Waals surface area contributed by atoms with Crippen molar-refractivity contribution in [2.24, 2.45) is 0 Å². The van der Waals surface area contributed by atoms with Gasteiger partial charge in [-0.05, 0) is 36.6 Å². The van der Waals surface area contributed by atoms with Gasteiger partial charge in [0.1, 0.15) is 6.61 Å². The zero-order chi connectivity index (χ0) is 16.0. The third-order valence-electron chi connectivity index (χ3n) is 3.09. The first-order chi connectivity index (χ1) is 10.8. The van der Waals surface area contributed by atoms with Crippen LogP contribution in [0.1, 0.15) is 37.8 Å². The van der Waals surface area contributed by atoms with Crippen molar-refractivity contribution in [2.75, 3.05) is 33.0 Å². The van der Waals surface area contributed by atoms with Gasteiger partial charge in [-0.2, -0.15) is 5.26 Å². The van der Waals surface area contributed by atoms with E-state index in [1.165, 1.54) is 0 Å². The molecule has 0 amide bonds. The lowest BCUT2D eigenvalue weighted by molar-refractivity contribution is 0.0300. The van der Waals surface area contributed by atoms with E-state index in [-0.39, 0.29) is 0 Å². The molecular formula is C18H25NO3. The first-order valence-corrected chi connectivity index (χ1v) is 7.72. The molecule has 1 rings (SSSR count). The maximum atomic E-state index is 8.76. The summed E-state index contributed by atoms with van der Waals surface area (Å²) in [6.45, 7) is 7.24. The Balaban J connectivity index is 2.10. The van der Waals surface area contributed by atoms with Crippen molar-refractivity contribution in [3.63, 3.8) is 0 Å². The highest BCUT2D eigenvalue weighted by molar-refractivity contribution is 5.63. The van der Waals surface area contributed by atoms with Crippen molar-refractivity contribution < 1.29 is 14.2 Å². The summed E-state index contributed by atoms with van der Waals surface area (Å²) in [6.07, 6.45) is 3.98. The van der Waals surface area contributed by atoms with Gasteiger partial charge < -0.3 is 14.2 Å². The van der Waals surface area contributed by atoms with Crippen LogP contribution in [-0.2, 0) is 14.2 Å². The molecule has 0 aliphatic rings. The quantitative estimate of drug-likeness (QED) is 0.461. The van der Waals surface area contributed by atoms with Gasteiger partial charge in [0.25, 0.3) is 0 Å². The molecule has 1 aromatic rings. The Bertz CT molecular complexity index is 474. The van der Waals surface area contributed by atoms with Crippen LogP contribution < -0.4 is 0 Å². The molecule has 4 nitrogen and oxygen atoms in total. The number of hydrogen-bond donors (Lipinski definition) is 0. The van der Waals surface area contributed by atoms with Crippen molar-refractivity contribution in [3.8, 4) is 6.07 Å². The van der Waals surface area contributed by atoms with Crippen molar-refractivity contribution in [3.05, 3.63) is 41.7 Å². The predicted molar refractivity (Wildman–Crippen MR) is 87.3 cm³/mol. The summed E-state index contributed by atoms with van der Waals surface area (Å²) < 4.78 is 16.3. The fraction of sp³-hybridized carbons (Fsp3) is 0.500. The highest BCUT2D eigenvalue weighted by Crippen LogP contribution is 2.14. The predicted octanol–water partition coefficient (Wildman–Crippen LogP) is 3.77. The molecule has 0 bridgehead atoms. The molecule has 0 atom stereocenters. The minimum Gasteiger partial charge on any atom is -0.498 e. The van der Waals surface area contributed by atoms with Crippen molar-refractivity contribution in [1.29, 1.82) is 5.26 Å². The summed E-state index contributed by atoms with van der Waals surface area (Å²) in [5.41, 5.74) is 2.73. The first kappa shape index (κ1) is 18.2. The molecule has 0 saturated heterocycles. The molecule has 1 aromatic carbocycles. The Labute approximate surface area is 133 Å². The lowest BCUT2D eigenvalue weighted by Crippen LogP contribution is -2.08. The maximum Gasteiger partial charge on any atom is 0.111 e. The molecular weight excluding hydrogens is 278 g/mol. The number of rotatable bonds is 11. The average molecular weight is 303 g/mol. The summed E-state index contributed by atoms with van der Waals surface area (Å²) >= 11 is 0. The Kier molecular flexibility index (Phi) is 9.76. The number of unbranched alkanes of at least 4 members (excludes halogenated alkanes) is 1. The average Bonchev–Trinajstić information content (AvgIpc) is 2.56. The second-order valence-electron chi connectivity index (χ2n) is 4.94. The molecule has 0 aliphatic heterocycles. The molecule has 0 aromatic heterocycles. The molecule has 4 heteroatoms. The van der Waals surface area contributed by atoms with Gasteiger partial charge in [-0.3, -0.25) is 0 Å². The van der Waals surface area contributed by atoms with Crippen molar-refractivity contribution in [2.45, 2.75) is 26.7 Å². The fourth-order valence-corrected chi connectivity index (χ4v) is 1.74. The van der Waals surface area contributed by atoms with Crippen LogP contribution in [0, 0.1) is 11.3 Å². The maximum absolute atomic E-state index is 8.76. The van der Waals surface area contributed by atoms with Gasteiger partial charge in [-0.15, -0.1) is 0 Å². The molecule has 22 heavy (non-hydrogen) atoms. The van der Waals surface area contributed by atoms with E-state index in [0.29, 0.717) is 32.0 Å². The van der Waals surface area contributed by atoms with Crippen LogP contribution in [-0.4, -0.2) is 33.0 Å². The zero-order valence-corrected chi connectivity index (χ0v) is 13.5. The van der Waals surface area contributed by atoms with Gasteiger partial charge in [0.15, 0.2) is 0 Å². The van der Waals surface area contributed by atoms with E-state index in [2.05, 4.69) is 13.0 Å². The van der Waals surface area contributed by atoms with Gasteiger partial charge >= 0.3 is 0 Å². The summed E-state index contributed by atoms with van der Waals surface area (Å²) in [7, 11) is 0. The van der Waals surface area contributed by atoms with Crippen molar-refractivity contribution >= 4 is 5.57 Å². The van der Waals surface area contributed by atoms with E-state index in [9.17, 15) is 0 Å². The molecule has 0 fully saturated rings. The van der Waals surface area contributed by atoms with E-state index < -0.39 is 0 Å². The van der Waals surface area contributed by atoms with E-state index in [0.717, 1.165) is 30.6 Å². The summed E-state index contributed by atoms with van der Waals surface area (Å²) in [5.74, 6) is 0. The normalized spacial score (nSPS) is 11.2. The number of allylic oxidation sites excluding steroid dienone is 1. The van der Waals surface area contributed by atoms with Gasteiger partial charge in [0.2, 0.25) is 0 Å². The van der Waals surface area contributed by atoms with Crippen LogP contribution in [0.3, 0.4) is 0 Å². The van der Waals surface area contributed by atoms with Crippen LogP contribution in [0.5, 0.6) is 0 Å². The van der Waals surface area contributed by atoms with Crippen LogP contribution in [0.4, 0.5) is 0 Å². The van der Waals surface area contributed by atoms with Crippen LogP contribution in [0.15, 0.2) is 30.5 Å². The monoisotopic (exact) mass is 303 g/mol. The minimum absolute atomic E-state index is 0.516. The van der Waals surface area contributed by atoms with Crippen LogP contribution in [0.2, 0.25) is 0 Å². The van der Waals surface area contributed by atoms with Crippen LogP contribution >= 0.6 is 0 Å². The molecule has 0 radical (unpaired) electrons. The standard InChI is InChI=1S/C18H25NO3/c1-3-4-9-20-10-11-21-12-13-22-15-16(2)18-7-5-17(14-19)6-8-18/h5-8,15H,3-4,9-13H2,1-2H3. The van der Waals surface area contributed by atoms with E-state index in [1.807, 2.05) is 19.1 Å². The summed E-state index contributed by atoms with van der Waals surface area (Å²) in [5, 5.41) is 8.76. The lowest BCUT2D eigenvalue weighted by atomic mass is 10.1. The second-order valence-corrected chi connectivity index (χ2v) is 4.94. The van der Waals surface area contributed by atoms with Gasteiger partial charge in [0, 0.05) is 6.61 Å². The topological polar surface area (TPSA) is 51.5 Å². The van der Waals surface area contributed by atoms with Gasteiger partial charge in [0.05, 0.1) is 37.7 Å². The number of hydrogen-bond acceptors (Lipinski definition) is 4. The van der Waals surface area contributed by atoms with Gasteiger partial charge in [-0.1, -0.05) is 25.5 Å². The molecule has 0 aliphatic carbocycles. The third kappa shape index (κ3) is 7.82. The molecule has 120 valence electrons. The molecule has 0 unspecified atom stereocenters. The van der Waals surface area contributed by atoms with Crippen molar-refractivity contribution in [1.82, 2.24) is 0 Å².